The van der Waals surface area contributed by atoms with Crippen LogP contribution in [0, 0.1) is 10.5 Å². The summed E-state index contributed by atoms with van der Waals surface area (Å²) in [6.07, 6.45) is 0. The molecule has 3 aromatic carbocycles. The molecule has 4 rings (SSSR count). The van der Waals surface area contributed by atoms with Gasteiger partial charge in [0.05, 0.1) is 15.0 Å². The molecule has 0 fully saturated rings. The van der Waals surface area contributed by atoms with E-state index in [0.717, 1.165) is 29.8 Å². The minimum atomic E-state index is -3.70. The molecular formula is C22H18INO2S2. The highest BCUT2D eigenvalue weighted by atomic mass is 127. The van der Waals surface area contributed by atoms with E-state index in [1.54, 1.807) is 16.4 Å². The summed E-state index contributed by atoms with van der Waals surface area (Å²) in [6.45, 7) is 2.24. The van der Waals surface area contributed by atoms with Crippen molar-refractivity contribution in [2.75, 3.05) is 4.31 Å². The Bertz CT molecular complexity index is 1220. The second kappa shape index (κ2) is 7.85. The summed E-state index contributed by atoms with van der Waals surface area (Å²) < 4.78 is 30.8. The fourth-order valence-corrected chi connectivity index (χ4v) is 7.22. The van der Waals surface area contributed by atoms with Crippen LogP contribution in [-0.4, -0.2) is 8.42 Å². The van der Waals surface area contributed by atoms with Crippen LogP contribution in [0.15, 0.2) is 83.8 Å². The van der Waals surface area contributed by atoms with Crippen LogP contribution in [0.1, 0.15) is 11.1 Å². The van der Waals surface area contributed by atoms with Crippen LogP contribution < -0.4 is 4.31 Å². The molecule has 0 atom stereocenters. The van der Waals surface area contributed by atoms with Crippen LogP contribution in [0.3, 0.4) is 0 Å². The predicted octanol–water partition coefficient (Wildman–Crippen LogP) is 6.21. The Morgan fingerprint density at radius 3 is 2.21 bits per heavy atom. The summed E-state index contributed by atoms with van der Waals surface area (Å²) in [6, 6.07) is 24.8. The van der Waals surface area contributed by atoms with E-state index >= 15 is 0 Å². The van der Waals surface area contributed by atoms with Crippen LogP contribution in [0.2, 0.25) is 0 Å². The van der Waals surface area contributed by atoms with E-state index in [1.807, 2.05) is 73.7 Å². The fraction of sp³-hybridized carbons (Fsp3) is 0.0909. The highest BCUT2D eigenvalue weighted by Gasteiger charge is 2.29. The average molecular weight is 519 g/mol. The number of sulfonamides is 1. The molecule has 0 radical (unpaired) electrons. The maximum absolute atomic E-state index is 13.6. The topological polar surface area (TPSA) is 37.4 Å². The summed E-state index contributed by atoms with van der Waals surface area (Å²) in [5.74, 6) is 0. The van der Waals surface area contributed by atoms with Crippen molar-refractivity contribution in [3.05, 3.63) is 93.6 Å². The first-order valence-electron chi connectivity index (χ1n) is 8.77. The van der Waals surface area contributed by atoms with Crippen molar-refractivity contribution in [3.8, 4) is 0 Å². The number of nitrogens with zero attached hydrogens (tertiary/aromatic N) is 1. The molecule has 0 saturated carbocycles. The molecule has 1 heterocycles. The normalized spacial score (nSPS) is 11.6. The second-order valence-corrected chi connectivity index (χ2v) is 10.5. The quantitative estimate of drug-likeness (QED) is 0.294. The van der Waals surface area contributed by atoms with Gasteiger partial charge in [0.2, 0.25) is 0 Å². The van der Waals surface area contributed by atoms with Gasteiger partial charge in [-0.1, -0.05) is 66.2 Å². The largest absolute Gasteiger partial charge is 0.265 e. The van der Waals surface area contributed by atoms with Gasteiger partial charge in [0, 0.05) is 10.1 Å². The number of aryl methyl sites for hydroxylation is 1. The van der Waals surface area contributed by atoms with E-state index in [0.29, 0.717) is 11.4 Å². The van der Waals surface area contributed by atoms with E-state index in [-0.39, 0.29) is 0 Å². The first kappa shape index (κ1) is 19.4. The molecule has 0 spiro atoms. The van der Waals surface area contributed by atoms with Crippen molar-refractivity contribution in [3.63, 3.8) is 0 Å². The standard InChI is InChI=1S/C22H18INO2S2/c1-16-11-13-18(14-12-16)28(25,26)24(15-17-7-3-2-4-8-17)22-21(23)19-9-5-6-10-20(19)27-22/h2-14H,15H2,1H3. The van der Waals surface area contributed by atoms with Crippen molar-refractivity contribution in [2.45, 2.75) is 18.4 Å². The van der Waals surface area contributed by atoms with E-state index in [4.69, 9.17) is 0 Å². The molecule has 28 heavy (non-hydrogen) atoms. The molecule has 0 amide bonds. The van der Waals surface area contributed by atoms with Crippen molar-refractivity contribution in [2.24, 2.45) is 0 Å². The van der Waals surface area contributed by atoms with Crippen molar-refractivity contribution >= 4 is 59.0 Å². The Labute approximate surface area is 182 Å². The number of anilines is 1. The van der Waals surface area contributed by atoms with Crippen LogP contribution in [-0.2, 0) is 16.6 Å². The van der Waals surface area contributed by atoms with Gasteiger partial charge < -0.3 is 0 Å². The molecular weight excluding hydrogens is 501 g/mol. The Hall–Kier alpha value is -1.90. The number of hydrogen-bond acceptors (Lipinski definition) is 3. The molecule has 0 aliphatic rings. The maximum Gasteiger partial charge on any atom is 0.265 e. The zero-order chi connectivity index (χ0) is 19.7. The lowest BCUT2D eigenvalue weighted by molar-refractivity contribution is 0.590. The molecule has 1 aromatic heterocycles. The SMILES string of the molecule is Cc1ccc(S(=O)(=O)N(Cc2ccccc2)c2sc3ccccc3c2I)cc1. The third-order valence-electron chi connectivity index (χ3n) is 4.52. The van der Waals surface area contributed by atoms with Crippen molar-refractivity contribution in [1.82, 2.24) is 0 Å². The number of fused-ring (bicyclic) bond motifs is 1. The highest BCUT2D eigenvalue weighted by molar-refractivity contribution is 14.1. The molecule has 0 saturated heterocycles. The minimum absolute atomic E-state index is 0.292. The van der Waals surface area contributed by atoms with Crippen LogP contribution in [0.5, 0.6) is 0 Å². The predicted molar refractivity (Wildman–Crippen MR) is 126 cm³/mol. The van der Waals surface area contributed by atoms with Crippen LogP contribution in [0.25, 0.3) is 10.1 Å². The van der Waals surface area contributed by atoms with Gasteiger partial charge in [-0.3, -0.25) is 4.31 Å². The van der Waals surface area contributed by atoms with Crippen LogP contribution >= 0.6 is 33.9 Å². The lowest BCUT2D eigenvalue weighted by Crippen LogP contribution is -2.30. The minimum Gasteiger partial charge on any atom is -0.252 e. The molecule has 4 aromatic rings. The van der Waals surface area contributed by atoms with Crippen LogP contribution in [0.4, 0.5) is 5.00 Å². The number of benzene rings is 3. The van der Waals surface area contributed by atoms with Gasteiger partial charge in [0.25, 0.3) is 10.0 Å². The fourth-order valence-electron chi connectivity index (χ4n) is 3.01. The summed E-state index contributed by atoms with van der Waals surface area (Å²) in [4.78, 5) is 0.308. The summed E-state index contributed by atoms with van der Waals surface area (Å²) in [5, 5.41) is 1.84. The Balaban J connectivity index is 1.88. The molecule has 3 nitrogen and oxygen atoms in total. The molecule has 0 N–H and O–H groups in total. The number of rotatable bonds is 5. The molecule has 142 valence electrons. The van der Waals surface area contributed by atoms with Crippen molar-refractivity contribution < 1.29 is 8.42 Å². The third kappa shape index (κ3) is 3.68. The molecule has 0 aliphatic carbocycles. The van der Waals surface area contributed by atoms with Gasteiger partial charge >= 0.3 is 0 Å². The first-order valence-corrected chi connectivity index (χ1v) is 12.1. The Kier molecular flexibility index (Phi) is 5.44. The van der Waals surface area contributed by atoms with Gasteiger partial charge in [0.1, 0.15) is 5.00 Å². The Morgan fingerprint density at radius 1 is 0.893 bits per heavy atom. The summed E-state index contributed by atoms with van der Waals surface area (Å²) in [5.41, 5.74) is 1.98. The lowest BCUT2D eigenvalue weighted by Gasteiger charge is -2.24. The van der Waals surface area contributed by atoms with Gasteiger partial charge in [0.15, 0.2) is 0 Å². The molecule has 0 unspecified atom stereocenters. The first-order chi connectivity index (χ1) is 13.5. The smallest absolute Gasteiger partial charge is 0.252 e. The highest BCUT2D eigenvalue weighted by Crippen LogP contribution is 2.41. The monoisotopic (exact) mass is 519 g/mol. The maximum atomic E-state index is 13.6. The summed E-state index contributed by atoms with van der Waals surface area (Å²) >= 11 is 3.78. The third-order valence-corrected chi connectivity index (χ3v) is 9.05. The Morgan fingerprint density at radius 2 is 1.54 bits per heavy atom. The lowest BCUT2D eigenvalue weighted by atomic mass is 10.2. The van der Waals surface area contributed by atoms with Gasteiger partial charge in [-0.25, -0.2) is 8.42 Å². The van der Waals surface area contributed by atoms with E-state index in [2.05, 4.69) is 22.6 Å². The van der Waals surface area contributed by atoms with Gasteiger partial charge in [-0.05, 0) is 53.3 Å². The zero-order valence-corrected chi connectivity index (χ0v) is 19.0. The van der Waals surface area contributed by atoms with Gasteiger partial charge in [-0.2, -0.15) is 0 Å². The molecule has 0 bridgehead atoms. The van der Waals surface area contributed by atoms with Crippen molar-refractivity contribution in [1.29, 1.82) is 0 Å². The zero-order valence-electron chi connectivity index (χ0n) is 15.2. The van der Waals surface area contributed by atoms with E-state index in [9.17, 15) is 8.42 Å². The number of hydrogen-bond donors (Lipinski definition) is 0. The summed E-state index contributed by atoms with van der Waals surface area (Å²) in [7, 11) is -3.70. The van der Waals surface area contributed by atoms with Gasteiger partial charge in [-0.15, -0.1) is 11.3 Å². The number of thiophene rings is 1. The molecule has 0 aliphatic heterocycles. The van der Waals surface area contributed by atoms with E-state index in [1.165, 1.54) is 11.3 Å². The second-order valence-electron chi connectivity index (χ2n) is 6.53. The van der Waals surface area contributed by atoms with E-state index < -0.39 is 10.0 Å². The molecule has 6 heteroatoms. The average Bonchev–Trinajstić information content (AvgIpc) is 3.04. The number of halogens is 1.